The van der Waals surface area contributed by atoms with Crippen LogP contribution in [0.2, 0.25) is 0 Å². The van der Waals surface area contributed by atoms with Gasteiger partial charge in [-0.25, -0.2) is 13.4 Å². The van der Waals surface area contributed by atoms with Crippen LogP contribution in [0, 0.1) is 13.8 Å². The number of benzene rings is 2. The topological polar surface area (TPSA) is 122 Å². The first kappa shape index (κ1) is 21.5. The maximum Gasteiger partial charge on any atom is 0.266 e. The molecule has 9 nitrogen and oxygen atoms in total. The lowest BCUT2D eigenvalue weighted by Gasteiger charge is -2.12. The molecule has 30 heavy (non-hydrogen) atoms. The SMILES string of the molecule is CCn1c(C)nc2cc(C(=O)NNS(=O)(=O)c3cc(NC(C)=O)ccc3C)ccc21. The minimum absolute atomic E-state index is 0.0539. The van der Waals surface area contributed by atoms with Crippen LogP contribution in [0.25, 0.3) is 11.0 Å². The van der Waals surface area contributed by atoms with E-state index in [-0.39, 0.29) is 16.4 Å². The average Bonchev–Trinajstić information content (AvgIpc) is 3.01. The molecule has 1 heterocycles. The molecule has 2 amide bonds. The van der Waals surface area contributed by atoms with Gasteiger partial charge < -0.3 is 9.88 Å². The summed E-state index contributed by atoms with van der Waals surface area (Å²) in [7, 11) is -4.05. The van der Waals surface area contributed by atoms with Crippen LogP contribution in [0.4, 0.5) is 5.69 Å². The van der Waals surface area contributed by atoms with E-state index in [1.807, 2.05) is 18.4 Å². The Kier molecular flexibility index (Phi) is 5.90. The van der Waals surface area contributed by atoms with Gasteiger partial charge in [0.15, 0.2) is 0 Å². The summed E-state index contributed by atoms with van der Waals surface area (Å²) in [5, 5.41) is 2.54. The lowest BCUT2D eigenvalue weighted by Crippen LogP contribution is -2.41. The highest BCUT2D eigenvalue weighted by Gasteiger charge is 2.19. The molecule has 0 aliphatic rings. The summed E-state index contributed by atoms with van der Waals surface area (Å²) in [5.74, 6) is -0.0975. The molecular formula is C20H23N5O4S. The summed E-state index contributed by atoms with van der Waals surface area (Å²) in [5.41, 5.74) is 4.86. The first-order valence-corrected chi connectivity index (χ1v) is 10.8. The quantitative estimate of drug-likeness (QED) is 0.519. The van der Waals surface area contributed by atoms with Gasteiger partial charge in [0.25, 0.3) is 15.9 Å². The number of hydrazine groups is 1. The molecule has 0 aliphatic heterocycles. The van der Waals surface area contributed by atoms with Crippen LogP contribution < -0.4 is 15.6 Å². The number of hydrogen-bond donors (Lipinski definition) is 3. The maximum atomic E-state index is 12.7. The van der Waals surface area contributed by atoms with Gasteiger partial charge in [-0.05, 0) is 56.7 Å². The average molecular weight is 430 g/mol. The Bertz CT molecular complexity index is 1250. The Hall–Kier alpha value is -3.24. The van der Waals surface area contributed by atoms with E-state index in [9.17, 15) is 18.0 Å². The Morgan fingerprint density at radius 1 is 1.10 bits per heavy atom. The minimum atomic E-state index is -4.05. The number of nitrogens with zero attached hydrogens (tertiary/aromatic N) is 2. The molecule has 0 fully saturated rings. The van der Waals surface area contributed by atoms with E-state index in [0.717, 1.165) is 17.9 Å². The summed E-state index contributed by atoms with van der Waals surface area (Å²) in [6.45, 7) is 7.59. The Balaban J connectivity index is 1.80. The number of anilines is 1. The number of carbonyl (C=O) groups excluding carboxylic acids is 2. The van der Waals surface area contributed by atoms with Crippen molar-refractivity contribution < 1.29 is 18.0 Å². The third-order valence-corrected chi connectivity index (χ3v) is 6.00. The molecule has 0 atom stereocenters. The fourth-order valence-corrected chi connectivity index (χ4v) is 4.31. The highest BCUT2D eigenvalue weighted by atomic mass is 32.2. The second-order valence-corrected chi connectivity index (χ2v) is 8.48. The second-order valence-electron chi connectivity index (χ2n) is 6.83. The molecule has 3 rings (SSSR count). The smallest absolute Gasteiger partial charge is 0.266 e. The third kappa shape index (κ3) is 4.34. The molecule has 2 aromatic carbocycles. The predicted octanol–water partition coefficient (Wildman–Crippen LogP) is 2.25. The second kappa shape index (κ2) is 8.25. The Morgan fingerprint density at radius 2 is 1.83 bits per heavy atom. The fourth-order valence-electron chi connectivity index (χ4n) is 3.20. The maximum absolute atomic E-state index is 12.7. The lowest BCUT2D eigenvalue weighted by atomic mass is 10.2. The normalized spacial score (nSPS) is 11.5. The lowest BCUT2D eigenvalue weighted by molar-refractivity contribution is -0.114. The number of aryl methyl sites for hydroxylation is 3. The van der Waals surface area contributed by atoms with Crippen LogP contribution >= 0.6 is 0 Å². The number of hydrogen-bond acceptors (Lipinski definition) is 5. The molecular weight excluding hydrogens is 406 g/mol. The first-order chi connectivity index (χ1) is 14.1. The van der Waals surface area contributed by atoms with Gasteiger partial charge in [0, 0.05) is 24.7 Å². The molecule has 0 radical (unpaired) electrons. The number of aromatic nitrogens is 2. The van der Waals surface area contributed by atoms with Gasteiger partial charge >= 0.3 is 0 Å². The van der Waals surface area contributed by atoms with Crippen molar-refractivity contribution in [1.29, 1.82) is 0 Å². The van der Waals surface area contributed by atoms with Crippen LogP contribution in [0.15, 0.2) is 41.3 Å². The summed E-state index contributed by atoms with van der Waals surface area (Å²) in [6, 6.07) is 9.51. The van der Waals surface area contributed by atoms with E-state index in [1.54, 1.807) is 37.3 Å². The largest absolute Gasteiger partial charge is 0.329 e. The van der Waals surface area contributed by atoms with Crippen molar-refractivity contribution in [3.05, 3.63) is 53.3 Å². The van der Waals surface area contributed by atoms with Crippen LogP contribution in [-0.4, -0.2) is 29.8 Å². The van der Waals surface area contributed by atoms with Gasteiger partial charge in [-0.15, -0.1) is 4.83 Å². The Morgan fingerprint density at radius 3 is 2.50 bits per heavy atom. The van der Waals surface area contributed by atoms with Crippen molar-refractivity contribution in [3.8, 4) is 0 Å². The molecule has 0 saturated carbocycles. The number of carbonyl (C=O) groups is 2. The molecule has 0 saturated heterocycles. The fraction of sp³-hybridized carbons (Fsp3) is 0.250. The van der Waals surface area contributed by atoms with Crippen LogP contribution in [0.3, 0.4) is 0 Å². The highest BCUT2D eigenvalue weighted by Crippen LogP contribution is 2.20. The van der Waals surface area contributed by atoms with E-state index < -0.39 is 15.9 Å². The summed E-state index contributed by atoms with van der Waals surface area (Å²) in [6.07, 6.45) is 0. The number of fused-ring (bicyclic) bond motifs is 1. The molecule has 10 heteroatoms. The van der Waals surface area contributed by atoms with Crippen molar-refractivity contribution in [3.63, 3.8) is 0 Å². The van der Waals surface area contributed by atoms with Gasteiger partial charge in [0.1, 0.15) is 5.82 Å². The number of sulfonamides is 1. The van der Waals surface area contributed by atoms with E-state index >= 15 is 0 Å². The summed E-state index contributed by atoms with van der Waals surface area (Å²) in [4.78, 5) is 30.2. The zero-order valence-electron chi connectivity index (χ0n) is 17.1. The molecule has 3 aromatic rings. The highest BCUT2D eigenvalue weighted by molar-refractivity contribution is 7.89. The van der Waals surface area contributed by atoms with Gasteiger partial charge in [-0.3, -0.25) is 15.0 Å². The van der Waals surface area contributed by atoms with Crippen molar-refractivity contribution in [2.75, 3.05) is 5.32 Å². The zero-order chi connectivity index (χ0) is 22.1. The van der Waals surface area contributed by atoms with Crippen molar-refractivity contribution in [1.82, 2.24) is 19.8 Å². The molecule has 0 spiro atoms. The number of rotatable bonds is 6. The van der Waals surface area contributed by atoms with Gasteiger partial charge in [-0.2, -0.15) is 0 Å². The van der Waals surface area contributed by atoms with Crippen molar-refractivity contribution in [2.24, 2.45) is 0 Å². The van der Waals surface area contributed by atoms with Gasteiger partial charge in [0.05, 0.1) is 15.9 Å². The molecule has 0 bridgehead atoms. The summed E-state index contributed by atoms with van der Waals surface area (Å²) >= 11 is 0. The predicted molar refractivity (Wildman–Crippen MR) is 113 cm³/mol. The van der Waals surface area contributed by atoms with Crippen LogP contribution in [0.5, 0.6) is 0 Å². The molecule has 0 unspecified atom stereocenters. The van der Waals surface area contributed by atoms with E-state index in [0.29, 0.717) is 16.8 Å². The van der Waals surface area contributed by atoms with Crippen LogP contribution in [0.1, 0.15) is 35.6 Å². The molecule has 0 aliphatic carbocycles. The van der Waals surface area contributed by atoms with E-state index in [2.05, 4.69) is 20.6 Å². The first-order valence-electron chi connectivity index (χ1n) is 9.29. The van der Waals surface area contributed by atoms with Gasteiger partial charge in [0.2, 0.25) is 5.91 Å². The number of amides is 2. The van der Waals surface area contributed by atoms with Gasteiger partial charge in [-0.1, -0.05) is 6.07 Å². The Labute approximate surface area is 174 Å². The monoisotopic (exact) mass is 429 g/mol. The standard InChI is InChI=1S/C20H23N5O4S/c1-5-25-13(3)21-17-10-15(7-9-18(17)25)20(27)23-24-30(28,29)19-11-16(22-14(4)26)8-6-12(19)2/h6-11,24H,5H2,1-4H3,(H,22,26)(H,23,27). The minimum Gasteiger partial charge on any atom is -0.329 e. The molecule has 158 valence electrons. The van der Waals surface area contributed by atoms with Crippen molar-refractivity contribution >= 4 is 38.6 Å². The van der Waals surface area contributed by atoms with E-state index in [4.69, 9.17) is 0 Å². The van der Waals surface area contributed by atoms with Crippen LogP contribution in [-0.2, 0) is 21.4 Å². The van der Waals surface area contributed by atoms with E-state index in [1.165, 1.54) is 13.0 Å². The third-order valence-electron chi connectivity index (χ3n) is 4.61. The molecule has 3 N–H and O–H groups in total. The van der Waals surface area contributed by atoms with Crippen molar-refractivity contribution in [2.45, 2.75) is 39.1 Å². The summed E-state index contributed by atoms with van der Waals surface area (Å²) < 4.78 is 27.4. The number of imidazole rings is 1. The zero-order valence-corrected chi connectivity index (χ0v) is 17.9. The molecule has 1 aromatic heterocycles. The number of nitrogens with one attached hydrogen (secondary N) is 3.